The van der Waals surface area contributed by atoms with E-state index in [1.165, 1.54) is 0 Å². The molecule has 5 nitrogen and oxygen atoms in total. The van der Waals surface area contributed by atoms with Crippen molar-refractivity contribution in [3.8, 4) is 0 Å². The third kappa shape index (κ3) is 1.66. The first-order valence-electron chi connectivity index (χ1n) is 3.82. The fraction of sp³-hybridized carbons (Fsp3) is 0.429. The highest BCUT2D eigenvalue weighted by molar-refractivity contribution is 6.04. The summed E-state index contributed by atoms with van der Waals surface area (Å²) in [5.41, 5.74) is 8.20. The predicted molar refractivity (Wildman–Crippen MR) is 51.2 cm³/mol. The first-order chi connectivity index (χ1) is 5.79. The van der Waals surface area contributed by atoms with E-state index in [0.29, 0.717) is 13.1 Å². The highest BCUT2D eigenvalue weighted by atomic mass is 35.5. The van der Waals surface area contributed by atoms with E-state index in [1.807, 2.05) is 12.3 Å². The van der Waals surface area contributed by atoms with Crippen molar-refractivity contribution in [2.24, 2.45) is 16.6 Å². The van der Waals surface area contributed by atoms with Crippen LogP contribution in [0.5, 0.6) is 0 Å². The number of hydrazine groups is 1. The van der Waals surface area contributed by atoms with Crippen molar-refractivity contribution in [1.82, 2.24) is 10.4 Å². The second kappa shape index (κ2) is 3.76. The summed E-state index contributed by atoms with van der Waals surface area (Å²) in [6.07, 6.45) is 3.78. The number of nitrogens with one attached hydrogen (secondary N) is 1. The molecule has 0 bridgehead atoms. The highest BCUT2D eigenvalue weighted by Gasteiger charge is 2.32. The van der Waals surface area contributed by atoms with Gasteiger partial charge < -0.3 is 5.73 Å². The summed E-state index contributed by atoms with van der Waals surface area (Å²) >= 11 is 0. The van der Waals surface area contributed by atoms with Gasteiger partial charge in [-0.1, -0.05) is 0 Å². The second-order valence-electron chi connectivity index (χ2n) is 2.77. The zero-order valence-corrected chi connectivity index (χ0v) is 7.75. The Morgan fingerprint density at radius 2 is 2.54 bits per heavy atom. The summed E-state index contributed by atoms with van der Waals surface area (Å²) in [6, 6.07) is 0. The fourth-order valence-corrected chi connectivity index (χ4v) is 1.37. The third-order valence-corrected chi connectivity index (χ3v) is 1.98. The van der Waals surface area contributed by atoms with Crippen molar-refractivity contribution in [3.05, 3.63) is 12.3 Å². The number of carbonyl (C=O) groups excluding carboxylic acids is 1. The lowest BCUT2D eigenvalue weighted by Gasteiger charge is -2.17. The van der Waals surface area contributed by atoms with Gasteiger partial charge in [-0.3, -0.25) is 14.8 Å². The number of hydrogen-bond donors (Lipinski definition) is 2. The van der Waals surface area contributed by atoms with Crippen molar-refractivity contribution in [2.75, 3.05) is 13.1 Å². The number of halogens is 1. The maximum Gasteiger partial charge on any atom is 0.229 e. The second-order valence-corrected chi connectivity index (χ2v) is 2.77. The lowest BCUT2D eigenvalue weighted by atomic mass is 10.1. The summed E-state index contributed by atoms with van der Waals surface area (Å²) in [5, 5.41) is 1.75. The largest absolute Gasteiger partial charge is 0.369 e. The Balaban J connectivity index is 0.000000845. The Kier molecular flexibility index (Phi) is 2.90. The molecule has 0 spiro atoms. The maximum atomic E-state index is 10.9. The van der Waals surface area contributed by atoms with Gasteiger partial charge in [0.05, 0.1) is 6.54 Å². The van der Waals surface area contributed by atoms with Crippen LogP contribution in [0.1, 0.15) is 0 Å². The minimum atomic E-state index is -0.320. The van der Waals surface area contributed by atoms with Gasteiger partial charge in [0.1, 0.15) is 11.8 Å². The van der Waals surface area contributed by atoms with Gasteiger partial charge in [0.25, 0.3) is 0 Å². The molecular weight excluding hydrogens is 192 g/mol. The molecule has 0 aromatic carbocycles. The minimum absolute atomic E-state index is 0. The standard InChI is InChI=1S/C7H10N4O.ClH/c8-6(12)5-4-10-11-3-1-2-9-7(5)11;/h1,3,5,10H,2,4H2,(H2,8,12);1H. The summed E-state index contributed by atoms with van der Waals surface area (Å²) < 4.78 is 0. The number of hydrogen-bond acceptors (Lipinski definition) is 4. The van der Waals surface area contributed by atoms with Crippen molar-refractivity contribution >= 4 is 24.1 Å². The molecule has 0 saturated carbocycles. The molecule has 0 aromatic rings. The maximum absolute atomic E-state index is 10.9. The molecule has 1 amide bonds. The van der Waals surface area contributed by atoms with E-state index < -0.39 is 0 Å². The molecule has 1 atom stereocenters. The topological polar surface area (TPSA) is 70.7 Å². The van der Waals surface area contributed by atoms with Crippen molar-refractivity contribution < 1.29 is 4.79 Å². The lowest BCUT2D eigenvalue weighted by Crippen LogP contribution is -2.34. The number of primary amides is 1. The van der Waals surface area contributed by atoms with Crippen LogP contribution in [0.4, 0.5) is 0 Å². The fourth-order valence-electron chi connectivity index (χ4n) is 1.37. The Morgan fingerprint density at radius 3 is 3.23 bits per heavy atom. The first-order valence-corrected chi connectivity index (χ1v) is 3.82. The molecule has 2 rings (SSSR count). The molecule has 2 aliphatic heterocycles. The third-order valence-electron chi connectivity index (χ3n) is 1.98. The number of fused-ring (bicyclic) bond motifs is 1. The average molecular weight is 203 g/mol. The number of nitrogens with two attached hydrogens (primary N) is 1. The Morgan fingerprint density at radius 1 is 1.77 bits per heavy atom. The van der Waals surface area contributed by atoms with Crippen LogP contribution in [0.3, 0.4) is 0 Å². The monoisotopic (exact) mass is 202 g/mol. The Bertz CT molecular complexity index is 276. The van der Waals surface area contributed by atoms with Crippen molar-refractivity contribution in [1.29, 1.82) is 0 Å². The van der Waals surface area contributed by atoms with Crippen LogP contribution in [0, 0.1) is 5.92 Å². The zero-order chi connectivity index (χ0) is 8.55. The number of aliphatic imine (C=N–C) groups is 1. The smallest absolute Gasteiger partial charge is 0.229 e. The van der Waals surface area contributed by atoms with Gasteiger partial charge in [-0.05, 0) is 6.08 Å². The zero-order valence-electron chi connectivity index (χ0n) is 6.93. The number of carbonyl (C=O) groups is 1. The van der Waals surface area contributed by atoms with Crippen LogP contribution < -0.4 is 11.2 Å². The molecule has 0 aliphatic carbocycles. The van der Waals surface area contributed by atoms with Crippen LogP contribution in [0.25, 0.3) is 0 Å². The quantitative estimate of drug-likeness (QED) is 0.588. The van der Waals surface area contributed by atoms with E-state index in [4.69, 9.17) is 5.73 Å². The van der Waals surface area contributed by atoms with E-state index in [-0.39, 0.29) is 24.2 Å². The first kappa shape index (κ1) is 10.0. The summed E-state index contributed by atoms with van der Waals surface area (Å²) in [6.45, 7) is 1.19. The average Bonchev–Trinajstić information content (AvgIpc) is 2.47. The van der Waals surface area contributed by atoms with Gasteiger partial charge >= 0.3 is 0 Å². The van der Waals surface area contributed by atoms with Crippen LogP contribution in [0.15, 0.2) is 17.3 Å². The van der Waals surface area contributed by atoms with Crippen molar-refractivity contribution in [3.63, 3.8) is 0 Å². The van der Waals surface area contributed by atoms with Gasteiger partial charge in [0.2, 0.25) is 5.91 Å². The molecular formula is C7H11ClN4O. The molecule has 3 N–H and O–H groups in total. The number of amidine groups is 1. The molecule has 2 heterocycles. The SMILES string of the molecule is Cl.NC(=O)C1CNN2C=CCN=C12. The van der Waals surface area contributed by atoms with Crippen LogP contribution in [-0.4, -0.2) is 29.8 Å². The van der Waals surface area contributed by atoms with Gasteiger partial charge in [-0.25, -0.2) is 5.43 Å². The number of rotatable bonds is 1. The Labute approximate surface area is 82.1 Å². The molecule has 1 unspecified atom stereocenters. The molecule has 13 heavy (non-hydrogen) atoms. The van der Waals surface area contributed by atoms with Gasteiger partial charge in [-0.15, -0.1) is 12.4 Å². The molecule has 72 valence electrons. The molecule has 0 radical (unpaired) electrons. The number of nitrogens with zero attached hydrogens (tertiary/aromatic N) is 2. The van der Waals surface area contributed by atoms with Crippen LogP contribution >= 0.6 is 12.4 Å². The highest BCUT2D eigenvalue weighted by Crippen LogP contribution is 2.13. The molecule has 0 aromatic heterocycles. The summed E-state index contributed by atoms with van der Waals surface area (Å²) in [5.74, 6) is 0.152. The molecule has 2 aliphatic rings. The normalized spacial score (nSPS) is 24.8. The van der Waals surface area contributed by atoms with Crippen LogP contribution in [0.2, 0.25) is 0 Å². The van der Waals surface area contributed by atoms with E-state index in [1.54, 1.807) is 5.01 Å². The van der Waals surface area contributed by atoms with E-state index in [9.17, 15) is 4.79 Å². The predicted octanol–water partition coefficient (Wildman–Crippen LogP) is -0.744. The summed E-state index contributed by atoms with van der Waals surface area (Å²) in [4.78, 5) is 15.1. The van der Waals surface area contributed by atoms with Gasteiger partial charge in [0.15, 0.2) is 0 Å². The van der Waals surface area contributed by atoms with E-state index >= 15 is 0 Å². The Hall–Kier alpha value is -1.07. The van der Waals surface area contributed by atoms with Crippen molar-refractivity contribution in [2.45, 2.75) is 0 Å². The van der Waals surface area contributed by atoms with Gasteiger partial charge in [0, 0.05) is 12.7 Å². The van der Waals surface area contributed by atoms with Gasteiger partial charge in [-0.2, -0.15) is 0 Å². The number of amides is 1. The molecule has 1 saturated heterocycles. The van der Waals surface area contributed by atoms with E-state index in [0.717, 1.165) is 5.84 Å². The summed E-state index contributed by atoms with van der Waals surface area (Å²) in [7, 11) is 0. The molecule has 1 fully saturated rings. The minimum Gasteiger partial charge on any atom is -0.369 e. The van der Waals surface area contributed by atoms with Crippen LogP contribution in [-0.2, 0) is 4.79 Å². The van der Waals surface area contributed by atoms with E-state index in [2.05, 4.69) is 10.4 Å². The molecule has 6 heteroatoms. The lowest BCUT2D eigenvalue weighted by molar-refractivity contribution is -0.119.